The molecule has 0 radical (unpaired) electrons. The molecule has 0 saturated heterocycles. The number of nitrogens with zero attached hydrogens (tertiary/aromatic N) is 3. The third-order valence-electron chi connectivity index (χ3n) is 6.35. The van der Waals surface area contributed by atoms with Crippen molar-refractivity contribution in [2.45, 2.75) is 64.5 Å². The van der Waals surface area contributed by atoms with Crippen LogP contribution >= 0.6 is 11.3 Å². The van der Waals surface area contributed by atoms with Crippen LogP contribution in [-0.2, 0) is 19.5 Å². The quantitative estimate of drug-likeness (QED) is 0.525. The normalized spacial score (nSPS) is 18.0. The van der Waals surface area contributed by atoms with E-state index in [1.165, 1.54) is 64.2 Å². The summed E-state index contributed by atoms with van der Waals surface area (Å²) >= 11 is 1.92. The Morgan fingerprint density at radius 2 is 2.00 bits per heavy atom. The lowest BCUT2D eigenvalue weighted by Crippen LogP contribution is -2.31. The molecule has 0 spiro atoms. The summed E-state index contributed by atoms with van der Waals surface area (Å²) < 4.78 is 0. The first-order chi connectivity index (χ1) is 14.2. The number of fused-ring (bicyclic) bond motifs is 1. The van der Waals surface area contributed by atoms with Gasteiger partial charge in [0.15, 0.2) is 0 Å². The van der Waals surface area contributed by atoms with Crippen LogP contribution in [0.5, 0.6) is 0 Å². The first-order valence-electron chi connectivity index (χ1n) is 11.0. The van der Waals surface area contributed by atoms with Crippen molar-refractivity contribution in [1.29, 1.82) is 0 Å². The van der Waals surface area contributed by atoms with Crippen molar-refractivity contribution in [3.05, 3.63) is 70.1 Å². The van der Waals surface area contributed by atoms with Gasteiger partial charge in [0.05, 0.1) is 0 Å². The van der Waals surface area contributed by atoms with Gasteiger partial charge in [0.1, 0.15) is 5.82 Å². The second-order valence-corrected chi connectivity index (χ2v) is 9.80. The van der Waals surface area contributed by atoms with Crippen LogP contribution in [0.1, 0.15) is 65.5 Å². The van der Waals surface area contributed by atoms with E-state index in [1.54, 1.807) is 0 Å². The minimum absolute atomic E-state index is 0.596. The van der Waals surface area contributed by atoms with Gasteiger partial charge in [-0.1, -0.05) is 49.1 Å². The molecule has 29 heavy (non-hydrogen) atoms. The monoisotopic (exact) mass is 403 g/mol. The van der Waals surface area contributed by atoms with Gasteiger partial charge in [0.2, 0.25) is 0 Å². The smallest absolute Gasteiger partial charge is 0.131 e. The summed E-state index contributed by atoms with van der Waals surface area (Å²) in [6.07, 6.45) is 9.76. The van der Waals surface area contributed by atoms with Crippen molar-refractivity contribution < 1.29 is 0 Å². The van der Waals surface area contributed by atoms with Crippen LogP contribution < -0.4 is 0 Å². The summed E-state index contributed by atoms with van der Waals surface area (Å²) in [5.74, 6) is 1.70. The van der Waals surface area contributed by atoms with Crippen molar-refractivity contribution >= 4 is 11.3 Å². The Kier molecular flexibility index (Phi) is 5.47. The molecule has 1 aromatic carbocycles. The highest BCUT2D eigenvalue weighted by molar-refractivity contribution is 7.15. The summed E-state index contributed by atoms with van der Waals surface area (Å²) in [4.78, 5) is 15.1. The van der Waals surface area contributed by atoms with E-state index in [9.17, 15) is 0 Å². The highest BCUT2D eigenvalue weighted by Crippen LogP contribution is 2.32. The molecule has 0 bridgehead atoms. The predicted molar refractivity (Wildman–Crippen MR) is 120 cm³/mol. The Bertz CT molecular complexity index is 987. The lowest BCUT2D eigenvalue weighted by molar-refractivity contribution is 0.244. The fraction of sp³-hybridized carbons (Fsp3) is 0.440. The fourth-order valence-electron chi connectivity index (χ4n) is 4.72. The minimum Gasteiger partial charge on any atom is -0.293 e. The average molecular weight is 404 g/mol. The molecule has 4 heteroatoms. The van der Waals surface area contributed by atoms with Crippen LogP contribution in [0, 0.1) is 6.92 Å². The van der Waals surface area contributed by atoms with Crippen molar-refractivity contribution in [2.24, 2.45) is 0 Å². The molecular formula is C25H29N3S. The van der Waals surface area contributed by atoms with Crippen molar-refractivity contribution in [1.82, 2.24) is 14.9 Å². The number of rotatable bonds is 4. The molecule has 0 unspecified atom stereocenters. The van der Waals surface area contributed by atoms with Gasteiger partial charge in [-0.15, -0.1) is 11.3 Å². The number of benzene rings is 1. The minimum atomic E-state index is 0.596. The van der Waals surface area contributed by atoms with E-state index in [1.807, 2.05) is 11.3 Å². The van der Waals surface area contributed by atoms with Crippen molar-refractivity contribution in [3.63, 3.8) is 0 Å². The maximum atomic E-state index is 5.00. The molecule has 3 heterocycles. The molecule has 0 atom stereocenters. The second kappa shape index (κ2) is 8.37. The molecule has 3 aromatic rings. The number of hydrogen-bond donors (Lipinski definition) is 0. The van der Waals surface area contributed by atoms with E-state index in [4.69, 9.17) is 9.97 Å². The molecule has 3 nitrogen and oxygen atoms in total. The molecule has 1 aliphatic heterocycles. The molecule has 1 saturated carbocycles. The molecule has 0 N–H and O–H groups in total. The molecular weight excluding hydrogens is 374 g/mol. The van der Waals surface area contributed by atoms with Gasteiger partial charge in [-0.25, -0.2) is 9.97 Å². The Morgan fingerprint density at radius 3 is 2.86 bits per heavy atom. The molecule has 1 fully saturated rings. The van der Waals surface area contributed by atoms with Crippen LogP contribution in [0.15, 0.2) is 42.6 Å². The van der Waals surface area contributed by atoms with E-state index in [0.717, 1.165) is 31.9 Å². The highest BCUT2D eigenvalue weighted by atomic mass is 32.1. The SMILES string of the molecule is Cc1cccc(-c2ccc(CN3CCc4nc(C5CCCCC5)ncc4C3)s2)c1. The fourth-order valence-corrected chi connectivity index (χ4v) is 5.77. The summed E-state index contributed by atoms with van der Waals surface area (Å²) in [6.45, 7) is 5.23. The largest absolute Gasteiger partial charge is 0.293 e. The third-order valence-corrected chi connectivity index (χ3v) is 7.46. The summed E-state index contributed by atoms with van der Waals surface area (Å²) in [5.41, 5.74) is 5.27. The molecule has 5 rings (SSSR count). The third kappa shape index (κ3) is 4.29. The van der Waals surface area contributed by atoms with Gasteiger partial charge >= 0.3 is 0 Å². The van der Waals surface area contributed by atoms with E-state index in [0.29, 0.717) is 5.92 Å². The number of hydrogen-bond acceptors (Lipinski definition) is 4. The van der Waals surface area contributed by atoms with Crippen molar-refractivity contribution in [3.8, 4) is 10.4 Å². The lowest BCUT2D eigenvalue weighted by Gasteiger charge is -2.28. The van der Waals surface area contributed by atoms with E-state index < -0.39 is 0 Å². The van der Waals surface area contributed by atoms with E-state index in [-0.39, 0.29) is 0 Å². The Labute approximate surface area is 177 Å². The number of thiophene rings is 1. The molecule has 1 aliphatic carbocycles. The summed E-state index contributed by atoms with van der Waals surface area (Å²) in [7, 11) is 0. The van der Waals surface area contributed by atoms with Gasteiger partial charge in [-0.05, 0) is 37.5 Å². The highest BCUT2D eigenvalue weighted by Gasteiger charge is 2.23. The maximum Gasteiger partial charge on any atom is 0.131 e. The summed E-state index contributed by atoms with van der Waals surface area (Å²) in [5, 5.41) is 0. The van der Waals surface area contributed by atoms with Gasteiger partial charge in [0, 0.05) is 59.2 Å². The number of aromatic nitrogens is 2. The molecule has 150 valence electrons. The van der Waals surface area contributed by atoms with Gasteiger partial charge in [-0.2, -0.15) is 0 Å². The van der Waals surface area contributed by atoms with Crippen LogP contribution in [0.25, 0.3) is 10.4 Å². The van der Waals surface area contributed by atoms with E-state index >= 15 is 0 Å². The first-order valence-corrected chi connectivity index (χ1v) is 11.8. The van der Waals surface area contributed by atoms with Crippen LogP contribution in [-0.4, -0.2) is 21.4 Å². The van der Waals surface area contributed by atoms with Crippen molar-refractivity contribution in [2.75, 3.05) is 6.54 Å². The summed E-state index contributed by atoms with van der Waals surface area (Å²) in [6, 6.07) is 13.3. The van der Waals surface area contributed by atoms with Crippen LogP contribution in [0.3, 0.4) is 0 Å². The lowest BCUT2D eigenvalue weighted by atomic mass is 9.88. The second-order valence-electron chi connectivity index (χ2n) is 8.63. The average Bonchev–Trinajstić information content (AvgIpc) is 3.22. The first kappa shape index (κ1) is 19.0. The van der Waals surface area contributed by atoms with E-state index in [2.05, 4.69) is 54.4 Å². The predicted octanol–water partition coefficient (Wildman–Crippen LogP) is 6.12. The Morgan fingerprint density at radius 1 is 1.10 bits per heavy atom. The van der Waals surface area contributed by atoms with Gasteiger partial charge in [-0.3, -0.25) is 4.90 Å². The maximum absolute atomic E-state index is 5.00. The molecule has 2 aliphatic rings. The molecule has 2 aromatic heterocycles. The number of aryl methyl sites for hydroxylation is 1. The Hall–Kier alpha value is -2.04. The molecule has 0 amide bonds. The Balaban J connectivity index is 1.26. The van der Waals surface area contributed by atoms with Crippen LogP contribution in [0.2, 0.25) is 0 Å². The van der Waals surface area contributed by atoms with Gasteiger partial charge in [0.25, 0.3) is 0 Å². The topological polar surface area (TPSA) is 29.0 Å². The standard InChI is InChI=1S/C25H29N3S/c1-18-6-5-9-20(14-18)24-11-10-22(29-24)17-28-13-12-23-21(16-28)15-26-25(27-23)19-7-3-2-4-8-19/h5-6,9-11,14-15,19H,2-4,7-8,12-13,16-17H2,1H3. The van der Waals surface area contributed by atoms with Gasteiger partial charge < -0.3 is 0 Å². The zero-order valence-electron chi connectivity index (χ0n) is 17.2. The van der Waals surface area contributed by atoms with Crippen LogP contribution in [0.4, 0.5) is 0 Å². The zero-order valence-corrected chi connectivity index (χ0v) is 18.0. The zero-order chi connectivity index (χ0) is 19.6.